The molecule has 0 saturated carbocycles. The van der Waals surface area contributed by atoms with Crippen molar-refractivity contribution in [3.8, 4) is 0 Å². The highest BCUT2D eigenvalue weighted by molar-refractivity contribution is 7.82. The maximum absolute atomic E-state index is 12.4. The van der Waals surface area contributed by atoms with Crippen LogP contribution in [0.15, 0.2) is 28.7 Å². The zero-order chi connectivity index (χ0) is 19.6. The molecule has 1 aromatic heterocycles. The molecule has 3 N–H and O–H groups in total. The molecule has 0 bridgehead atoms. The fourth-order valence-electron chi connectivity index (χ4n) is 2.94. The molecule has 2 heterocycles. The van der Waals surface area contributed by atoms with Crippen LogP contribution in [0, 0.1) is 0 Å². The predicted molar refractivity (Wildman–Crippen MR) is 104 cm³/mol. The van der Waals surface area contributed by atoms with E-state index in [0.29, 0.717) is 23.1 Å². The summed E-state index contributed by atoms with van der Waals surface area (Å²) in [6.45, 7) is 7.35. The van der Waals surface area contributed by atoms with Gasteiger partial charge >= 0.3 is 6.03 Å². The number of fused-ring (bicyclic) bond motifs is 1. The van der Waals surface area contributed by atoms with Gasteiger partial charge in [0.15, 0.2) is 5.76 Å². The molecule has 1 fully saturated rings. The minimum atomic E-state index is -1.57. The number of urea groups is 1. The number of thiol groups is 1. The molecule has 1 saturated heterocycles. The summed E-state index contributed by atoms with van der Waals surface area (Å²) in [6.07, 6.45) is 0. The summed E-state index contributed by atoms with van der Waals surface area (Å²) in [5, 5.41) is 8.15. The van der Waals surface area contributed by atoms with Crippen molar-refractivity contribution in [1.82, 2.24) is 20.9 Å². The number of hydrogen-bond acceptors (Lipinski definition) is 6. The van der Waals surface area contributed by atoms with Crippen molar-refractivity contribution >= 4 is 41.4 Å². The van der Waals surface area contributed by atoms with E-state index in [0.717, 1.165) is 19.6 Å². The number of carbonyl (C=O) groups is 3. The van der Waals surface area contributed by atoms with Crippen molar-refractivity contribution in [2.45, 2.75) is 18.7 Å². The van der Waals surface area contributed by atoms with Crippen molar-refractivity contribution < 1.29 is 18.8 Å². The van der Waals surface area contributed by atoms with Crippen LogP contribution >= 0.6 is 12.6 Å². The Balaban J connectivity index is 1.75. The van der Waals surface area contributed by atoms with Crippen molar-refractivity contribution in [1.29, 1.82) is 0 Å². The smallest absolute Gasteiger partial charge is 0.323 e. The molecular weight excluding hydrogens is 368 g/mol. The van der Waals surface area contributed by atoms with E-state index in [9.17, 15) is 14.4 Å². The molecule has 27 heavy (non-hydrogen) atoms. The van der Waals surface area contributed by atoms with Crippen LogP contribution in [0.2, 0.25) is 0 Å². The minimum absolute atomic E-state index is 0.184. The summed E-state index contributed by atoms with van der Waals surface area (Å²) in [5.74, 6) is -0.623. The van der Waals surface area contributed by atoms with Gasteiger partial charge in [-0.15, -0.1) is 12.6 Å². The molecule has 3 rings (SSSR count). The number of benzene rings is 1. The number of likely N-dealkylation sites (N-methyl/N-ethyl adjacent to an activating group) is 1. The summed E-state index contributed by atoms with van der Waals surface area (Å²) < 4.78 is 5.70. The lowest BCUT2D eigenvalue weighted by atomic mass is 10.1. The first-order chi connectivity index (χ1) is 12.9. The van der Waals surface area contributed by atoms with Crippen LogP contribution in [0.4, 0.5) is 4.79 Å². The summed E-state index contributed by atoms with van der Waals surface area (Å²) in [5.41, 5.74) is 0.889. The highest BCUT2D eigenvalue weighted by Gasteiger charge is 2.47. The van der Waals surface area contributed by atoms with E-state index in [4.69, 9.17) is 4.42 Å². The van der Waals surface area contributed by atoms with Crippen LogP contribution in [0.1, 0.15) is 30.0 Å². The molecule has 1 atom stereocenters. The van der Waals surface area contributed by atoms with Crippen LogP contribution in [-0.2, 0) is 9.67 Å². The SMILES string of the molecule is CCN(CC)CCNC(=O)c1ccc2cc([C@]3(S)NC(=O)NC3=O)oc2c1. The van der Waals surface area contributed by atoms with Gasteiger partial charge in [0, 0.05) is 24.0 Å². The molecule has 9 heteroatoms. The maximum atomic E-state index is 12.4. The van der Waals surface area contributed by atoms with E-state index in [1.807, 2.05) is 0 Å². The lowest BCUT2D eigenvalue weighted by Gasteiger charge is -2.17. The standard InChI is InChI=1S/C18H22N4O4S/c1-3-22(4-2)8-7-19-15(23)12-6-5-11-10-14(26-13(11)9-12)18(27)16(24)20-17(25)21-18/h5-6,9-10,27H,3-4,7-8H2,1-2H3,(H,19,23)(H2,20,21,24,25)/t18-/m1/s1. The lowest BCUT2D eigenvalue weighted by Crippen LogP contribution is -2.37. The van der Waals surface area contributed by atoms with Gasteiger partial charge < -0.3 is 20.0 Å². The Morgan fingerprint density at radius 2 is 2.00 bits per heavy atom. The van der Waals surface area contributed by atoms with Crippen molar-refractivity contribution in [3.63, 3.8) is 0 Å². The second-order valence-electron chi connectivity index (χ2n) is 6.26. The van der Waals surface area contributed by atoms with Gasteiger partial charge in [-0.1, -0.05) is 19.9 Å². The third-order valence-corrected chi connectivity index (χ3v) is 5.13. The molecule has 1 aliphatic heterocycles. The molecule has 2 aromatic rings. The zero-order valence-electron chi connectivity index (χ0n) is 15.2. The minimum Gasteiger partial charge on any atom is -0.457 e. The van der Waals surface area contributed by atoms with Gasteiger partial charge in [-0.2, -0.15) is 0 Å². The first-order valence-electron chi connectivity index (χ1n) is 8.78. The Bertz CT molecular complexity index is 893. The molecule has 0 unspecified atom stereocenters. The fourth-order valence-corrected chi connectivity index (χ4v) is 3.21. The first kappa shape index (κ1) is 19.2. The van der Waals surface area contributed by atoms with E-state index in [2.05, 4.69) is 47.3 Å². The summed E-state index contributed by atoms with van der Waals surface area (Å²) >= 11 is 4.26. The Hall–Kier alpha value is -2.52. The summed E-state index contributed by atoms with van der Waals surface area (Å²) in [6, 6.07) is 6.01. The molecule has 0 spiro atoms. The third kappa shape index (κ3) is 3.79. The van der Waals surface area contributed by atoms with Crippen LogP contribution in [0.5, 0.6) is 0 Å². The Morgan fingerprint density at radius 3 is 2.63 bits per heavy atom. The second kappa shape index (κ2) is 7.61. The summed E-state index contributed by atoms with van der Waals surface area (Å²) in [4.78, 5) is 36.4. The van der Waals surface area contributed by atoms with Gasteiger partial charge in [0.1, 0.15) is 5.58 Å². The zero-order valence-corrected chi connectivity index (χ0v) is 16.1. The molecule has 1 aliphatic rings. The fraction of sp³-hybridized carbons (Fsp3) is 0.389. The first-order valence-corrected chi connectivity index (χ1v) is 9.22. The number of imide groups is 1. The highest BCUT2D eigenvalue weighted by Crippen LogP contribution is 2.33. The van der Waals surface area contributed by atoms with E-state index in [1.165, 1.54) is 0 Å². The number of rotatable bonds is 7. The number of amides is 4. The third-order valence-electron chi connectivity index (χ3n) is 4.60. The predicted octanol–water partition coefficient (Wildman–Crippen LogP) is 1.43. The van der Waals surface area contributed by atoms with E-state index < -0.39 is 16.8 Å². The number of nitrogens with zero attached hydrogens (tertiary/aromatic N) is 1. The number of furan rings is 1. The van der Waals surface area contributed by atoms with Gasteiger partial charge in [0.25, 0.3) is 11.8 Å². The molecule has 0 radical (unpaired) electrons. The van der Waals surface area contributed by atoms with Crippen LogP contribution in [0.3, 0.4) is 0 Å². The topological polar surface area (TPSA) is 104 Å². The average molecular weight is 390 g/mol. The van der Waals surface area contributed by atoms with Crippen LogP contribution in [-0.4, -0.2) is 48.9 Å². The Kier molecular flexibility index (Phi) is 5.43. The molecule has 144 valence electrons. The van der Waals surface area contributed by atoms with Gasteiger partial charge in [0.05, 0.1) is 0 Å². The largest absolute Gasteiger partial charge is 0.457 e. The quantitative estimate of drug-likeness (QED) is 0.423. The molecule has 0 aliphatic carbocycles. The van der Waals surface area contributed by atoms with E-state index >= 15 is 0 Å². The lowest BCUT2D eigenvalue weighted by molar-refractivity contribution is -0.121. The molecular formula is C18H22N4O4S. The van der Waals surface area contributed by atoms with Crippen LogP contribution in [0.25, 0.3) is 11.0 Å². The van der Waals surface area contributed by atoms with E-state index in [-0.39, 0.29) is 11.7 Å². The van der Waals surface area contributed by atoms with Gasteiger partial charge in [-0.05, 0) is 31.3 Å². The van der Waals surface area contributed by atoms with Gasteiger partial charge in [-0.25, -0.2) is 4.79 Å². The summed E-state index contributed by atoms with van der Waals surface area (Å²) in [7, 11) is 0. The molecule has 1 aromatic carbocycles. The second-order valence-corrected chi connectivity index (χ2v) is 6.94. The normalized spacial score (nSPS) is 19.4. The van der Waals surface area contributed by atoms with Crippen molar-refractivity contribution in [3.05, 3.63) is 35.6 Å². The molecule has 8 nitrogen and oxygen atoms in total. The van der Waals surface area contributed by atoms with Gasteiger partial charge in [0.2, 0.25) is 4.87 Å². The van der Waals surface area contributed by atoms with E-state index in [1.54, 1.807) is 24.3 Å². The van der Waals surface area contributed by atoms with Crippen molar-refractivity contribution in [2.75, 3.05) is 26.2 Å². The average Bonchev–Trinajstić information content (AvgIpc) is 3.19. The highest BCUT2D eigenvalue weighted by atomic mass is 32.1. The number of hydrogen-bond donors (Lipinski definition) is 4. The number of carbonyl (C=O) groups excluding carboxylic acids is 3. The van der Waals surface area contributed by atoms with Crippen LogP contribution < -0.4 is 16.0 Å². The maximum Gasteiger partial charge on any atom is 0.323 e. The van der Waals surface area contributed by atoms with Gasteiger partial charge in [-0.3, -0.25) is 14.9 Å². The number of nitrogens with one attached hydrogen (secondary N) is 3. The Labute approximate surface area is 162 Å². The monoisotopic (exact) mass is 390 g/mol. The Morgan fingerprint density at radius 1 is 1.26 bits per heavy atom. The van der Waals surface area contributed by atoms with Crippen molar-refractivity contribution in [2.24, 2.45) is 0 Å². The molecule has 4 amide bonds.